The van der Waals surface area contributed by atoms with Crippen LogP contribution in [0.4, 0.5) is 34.9 Å². The molecule has 2 N–H and O–H groups in total. The Kier molecular flexibility index (Phi) is 10.1. The number of nitrogens with zero attached hydrogens (tertiary/aromatic N) is 7. The molecule has 1 aromatic heterocycles. The molecule has 4 aliphatic rings. The number of nitrogens with one attached hydrogen (secondary N) is 2. The fourth-order valence-corrected chi connectivity index (χ4v) is 7.16. The van der Waals surface area contributed by atoms with Gasteiger partial charge in [0.15, 0.2) is 0 Å². The summed E-state index contributed by atoms with van der Waals surface area (Å²) in [4.78, 5) is 45.3. The zero-order valence-electron chi connectivity index (χ0n) is 28.4. The molecular formula is C34H45F4N9O2. The SMILES string of the molecule is C[C@@H]1CN(c2cc(F)c(C3=CCN(c4ncc(CN5CCN(C)CC5)cn4)C3)cc2NC(=O)C2CNC(=O)CC2C(F)(F)F)C[C@H](C)N1C. The third kappa shape index (κ3) is 7.83. The van der Waals surface area contributed by atoms with E-state index in [9.17, 15) is 22.8 Å². The van der Waals surface area contributed by atoms with Crippen LogP contribution in [-0.4, -0.2) is 128 Å². The second-order valence-corrected chi connectivity index (χ2v) is 14.0. The summed E-state index contributed by atoms with van der Waals surface area (Å²) in [5.74, 6) is -5.25. The third-order valence-electron chi connectivity index (χ3n) is 10.5. The van der Waals surface area contributed by atoms with Crippen LogP contribution in [0.1, 0.15) is 31.4 Å². The number of carbonyl (C=O) groups is 2. The molecule has 4 atom stereocenters. The van der Waals surface area contributed by atoms with Crippen LogP contribution < -0.4 is 20.4 Å². The Morgan fingerprint density at radius 2 is 1.69 bits per heavy atom. The normalized spacial score (nSPS) is 26.1. The van der Waals surface area contributed by atoms with Gasteiger partial charge in [0.25, 0.3) is 0 Å². The lowest BCUT2D eigenvalue weighted by atomic mass is 9.84. The molecule has 0 bridgehead atoms. The first-order chi connectivity index (χ1) is 23.3. The van der Waals surface area contributed by atoms with Crippen LogP contribution in [0.5, 0.6) is 0 Å². The number of hydrogen-bond acceptors (Lipinski definition) is 9. The predicted octanol–water partition coefficient (Wildman–Crippen LogP) is 3.05. The van der Waals surface area contributed by atoms with Crippen molar-refractivity contribution in [2.75, 3.05) is 88.1 Å². The Labute approximate surface area is 284 Å². The predicted molar refractivity (Wildman–Crippen MR) is 180 cm³/mol. The lowest BCUT2D eigenvalue weighted by Gasteiger charge is -2.44. The monoisotopic (exact) mass is 687 g/mol. The standard InChI is InChI=1S/C34H45F4N9O2/c1-21-17-47(18-22(2)44(21)4)30-13-28(35)25(11-29(30)42-32(49)26-16-39-31(48)12-27(26)34(36,37)38)24-5-6-46(20-24)33-40-14-23(15-41-33)19-45-9-7-43(3)8-10-45/h5,11,13-15,21-22,26-27H,6-10,12,16-20H2,1-4H3,(H,39,48)(H,42,49)/t21-,22+,26?,27?. The Morgan fingerprint density at radius 3 is 2.35 bits per heavy atom. The molecule has 2 amide bonds. The maximum Gasteiger partial charge on any atom is 0.393 e. The van der Waals surface area contributed by atoms with Crippen molar-refractivity contribution >= 4 is 34.7 Å². The molecule has 0 radical (unpaired) electrons. The topological polar surface area (TPSA) is 100 Å². The van der Waals surface area contributed by atoms with E-state index >= 15 is 4.39 Å². The average molecular weight is 688 g/mol. The minimum Gasteiger partial charge on any atom is -0.367 e. The number of likely N-dealkylation sites (N-methyl/N-ethyl adjacent to an activating group) is 2. The minimum absolute atomic E-state index is 0.109. The van der Waals surface area contributed by atoms with Crippen molar-refractivity contribution in [3.8, 4) is 0 Å². The van der Waals surface area contributed by atoms with Gasteiger partial charge < -0.3 is 25.3 Å². The Balaban J connectivity index is 1.23. The summed E-state index contributed by atoms with van der Waals surface area (Å²) in [6.07, 6.45) is -0.0369. The number of benzene rings is 1. The molecular weight excluding hydrogens is 642 g/mol. The first-order valence-corrected chi connectivity index (χ1v) is 16.9. The number of rotatable bonds is 7. The van der Waals surface area contributed by atoms with Crippen molar-refractivity contribution in [3.63, 3.8) is 0 Å². The van der Waals surface area contributed by atoms with Gasteiger partial charge in [-0.2, -0.15) is 13.2 Å². The molecule has 3 fully saturated rings. The lowest BCUT2D eigenvalue weighted by molar-refractivity contribution is -0.197. The fraction of sp³-hybridized carbons (Fsp3) is 0.588. The average Bonchev–Trinajstić information content (AvgIpc) is 3.55. The van der Waals surface area contributed by atoms with Gasteiger partial charge in [-0.15, -0.1) is 0 Å². The number of amides is 2. The highest BCUT2D eigenvalue weighted by Gasteiger charge is 2.50. The summed E-state index contributed by atoms with van der Waals surface area (Å²) in [6.45, 7) is 10.3. The molecule has 0 saturated carbocycles. The van der Waals surface area contributed by atoms with Crippen LogP contribution in [0, 0.1) is 17.7 Å². The van der Waals surface area contributed by atoms with E-state index in [1.165, 1.54) is 12.1 Å². The van der Waals surface area contributed by atoms with E-state index < -0.39 is 48.6 Å². The van der Waals surface area contributed by atoms with Crippen LogP contribution in [0.25, 0.3) is 5.57 Å². The van der Waals surface area contributed by atoms with Crippen molar-refractivity contribution < 1.29 is 27.2 Å². The Hall–Kier alpha value is -3.82. The maximum absolute atomic E-state index is 16.0. The number of piperidine rings is 1. The molecule has 1 aromatic carbocycles. The molecule has 2 unspecified atom stereocenters. The summed E-state index contributed by atoms with van der Waals surface area (Å²) in [5.41, 5.74) is 2.54. The number of halogens is 4. The van der Waals surface area contributed by atoms with Gasteiger partial charge in [-0.3, -0.25) is 19.4 Å². The van der Waals surface area contributed by atoms with E-state index in [1.54, 1.807) is 0 Å². The van der Waals surface area contributed by atoms with Crippen molar-refractivity contribution in [3.05, 3.63) is 47.5 Å². The zero-order chi connectivity index (χ0) is 35.0. The molecule has 0 spiro atoms. The van der Waals surface area contributed by atoms with E-state index in [4.69, 9.17) is 0 Å². The highest BCUT2D eigenvalue weighted by molar-refractivity contribution is 5.98. The van der Waals surface area contributed by atoms with Crippen molar-refractivity contribution in [2.45, 2.75) is 45.1 Å². The number of piperazine rings is 2. The van der Waals surface area contributed by atoms with Gasteiger partial charge in [0.05, 0.1) is 23.2 Å². The molecule has 49 heavy (non-hydrogen) atoms. The molecule has 2 aromatic rings. The van der Waals surface area contributed by atoms with E-state index in [0.29, 0.717) is 43.4 Å². The number of hydrogen-bond donors (Lipinski definition) is 2. The van der Waals surface area contributed by atoms with E-state index in [0.717, 1.165) is 38.3 Å². The van der Waals surface area contributed by atoms with Gasteiger partial charge in [-0.25, -0.2) is 14.4 Å². The molecule has 11 nitrogen and oxygen atoms in total. The van der Waals surface area contributed by atoms with Crippen molar-refractivity contribution in [1.29, 1.82) is 0 Å². The van der Waals surface area contributed by atoms with Gasteiger partial charge in [0.2, 0.25) is 17.8 Å². The summed E-state index contributed by atoms with van der Waals surface area (Å²) in [7, 11) is 4.13. The first kappa shape index (κ1) is 35.0. The van der Waals surface area contributed by atoms with E-state index in [-0.39, 0.29) is 23.3 Å². The Bertz CT molecular complexity index is 1550. The smallest absolute Gasteiger partial charge is 0.367 e. The Morgan fingerprint density at radius 1 is 1.02 bits per heavy atom. The van der Waals surface area contributed by atoms with Crippen molar-refractivity contribution in [2.24, 2.45) is 11.8 Å². The lowest BCUT2D eigenvalue weighted by Crippen LogP contribution is -2.55. The van der Waals surface area contributed by atoms with Crippen LogP contribution >= 0.6 is 0 Å². The molecule has 4 aliphatic heterocycles. The van der Waals surface area contributed by atoms with Gasteiger partial charge in [0.1, 0.15) is 5.82 Å². The van der Waals surface area contributed by atoms with Gasteiger partial charge in [-0.05, 0) is 45.6 Å². The quantitative estimate of drug-likeness (QED) is 0.426. The van der Waals surface area contributed by atoms with Crippen LogP contribution in [-0.2, 0) is 16.1 Å². The number of carbonyl (C=O) groups excluding carboxylic acids is 2. The number of aromatic nitrogens is 2. The maximum atomic E-state index is 16.0. The van der Waals surface area contributed by atoms with Crippen LogP contribution in [0.15, 0.2) is 30.6 Å². The largest absolute Gasteiger partial charge is 0.393 e. The first-order valence-electron chi connectivity index (χ1n) is 16.9. The number of alkyl halides is 3. The fourth-order valence-electron chi connectivity index (χ4n) is 7.16. The molecule has 0 aliphatic carbocycles. The number of anilines is 3. The zero-order valence-corrected chi connectivity index (χ0v) is 28.4. The second kappa shape index (κ2) is 14.2. The van der Waals surface area contributed by atoms with Gasteiger partial charge in [-0.1, -0.05) is 6.08 Å². The summed E-state index contributed by atoms with van der Waals surface area (Å²) >= 11 is 0. The summed E-state index contributed by atoms with van der Waals surface area (Å²) in [6, 6.07) is 3.11. The van der Waals surface area contributed by atoms with Crippen LogP contribution in [0.3, 0.4) is 0 Å². The third-order valence-corrected chi connectivity index (χ3v) is 10.5. The van der Waals surface area contributed by atoms with E-state index in [1.807, 2.05) is 49.2 Å². The second-order valence-electron chi connectivity index (χ2n) is 14.0. The minimum atomic E-state index is -4.73. The molecule has 5 heterocycles. The summed E-state index contributed by atoms with van der Waals surface area (Å²) in [5, 5.41) is 5.13. The van der Waals surface area contributed by atoms with Crippen LogP contribution in [0.2, 0.25) is 0 Å². The van der Waals surface area contributed by atoms with Gasteiger partial charge in [0, 0.05) is 107 Å². The summed E-state index contributed by atoms with van der Waals surface area (Å²) < 4.78 is 57.9. The van der Waals surface area contributed by atoms with Crippen molar-refractivity contribution in [1.82, 2.24) is 30.0 Å². The van der Waals surface area contributed by atoms with Gasteiger partial charge >= 0.3 is 6.18 Å². The molecule has 15 heteroatoms. The highest BCUT2D eigenvalue weighted by atomic mass is 19.4. The highest BCUT2D eigenvalue weighted by Crippen LogP contribution is 2.39. The molecule has 266 valence electrons. The molecule has 3 saturated heterocycles. The van der Waals surface area contributed by atoms with E-state index in [2.05, 4.69) is 42.3 Å². The molecule has 6 rings (SSSR count).